The Morgan fingerprint density at radius 2 is 2.47 bits per heavy atom. The van der Waals surface area contributed by atoms with E-state index >= 15 is 0 Å². The second-order valence-electron chi connectivity index (χ2n) is 3.34. The number of anilines is 1. The Morgan fingerprint density at radius 1 is 1.71 bits per heavy atom. The molecule has 0 unspecified atom stereocenters. The molecule has 1 atom stereocenters. The van der Waals surface area contributed by atoms with E-state index in [1.165, 1.54) is 11.8 Å². The lowest BCUT2D eigenvalue weighted by Gasteiger charge is -2.12. The van der Waals surface area contributed by atoms with Crippen molar-refractivity contribution < 1.29 is 9.53 Å². The van der Waals surface area contributed by atoms with Crippen LogP contribution in [0.1, 0.15) is 6.92 Å². The molecule has 94 valence electrons. The average molecular weight is 275 g/mol. The van der Waals surface area contributed by atoms with Crippen molar-refractivity contribution >= 4 is 35.0 Å². The second-order valence-corrected chi connectivity index (χ2v) is 5.14. The number of aromatic nitrogens is 1. The molecule has 1 aromatic rings. The predicted octanol–water partition coefficient (Wildman–Crippen LogP) is 2.44. The third-order valence-corrected chi connectivity index (χ3v) is 3.46. The third-order valence-electron chi connectivity index (χ3n) is 2.04. The Bertz CT molecular complexity index is 376. The molecule has 0 saturated heterocycles. The van der Waals surface area contributed by atoms with E-state index in [0.717, 1.165) is 5.75 Å². The third kappa shape index (κ3) is 4.93. The normalized spacial score (nSPS) is 12.2. The van der Waals surface area contributed by atoms with Crippen molar-refractivity contribution in [3.63, 3.8) is 0 Å². The van der Waals surface area contributed by atoms with E-state index in [1.54, 1.807) is 25.4 Å². The van der Waals surface area contributed by atoms with Gasteiger partial charge < -0.3 is 10.1 Å². The van der Waals surface area contributed by atoms with Gasteiger partial charge in [0.1, 0.15) is 0 Å². The molecule has 1 rings (SSSR count). The molecule has 0 aliphatic carbocycles. The number of carbonyl (C=O) groups is 1. The van der Waals surface area contributed by atoms with Crippen molar-refractivity contribution in [1.82, 2.24) is 4.98 Å². The van der Waals surface area contributed by atoms with E-state index in [9.17, 15) is 4.79 Å². The van der Waals surface area contributed by atoms with Crippen LogP contribution in [0, 0.1) is 0 Å². The summed E-state index contributed by atoms with van der Waals surface area (Å²) in [6.45, 7) is 2.48. The van der Waals surface area contributed by atoms with Crippen LogP contribution in [0.2, 0.25) is 5.15 Å². The fraction of sp³-hybridized carbons (Fsp3) is 0.455. The molecule has 1 N–H and O–H groups in total. The van der Waals surface area contributed by atoms with Gasteiger partial charge >= 0.3 is 0 Å². The van der Waals surface area contributed by atoms with E-state index in [0.29, 0.717) is 17.4 Å². The number of nitrogens with zero attached hydrogens (tertiary/aromatic N) is 1. The minimum atomic E-state index is -0.151. The lowest BCUT2D eigenvalue weighted by molar-refractivity contribution is -0.115. The highest BCUT2D eigenvalue weighted by atomic mass is 35.5. The van der Waals surface area contributed by atoms with Gasteiger partial charge in [0.05, 0.1) is 17.5 Å². The van der Waals surface area contributed by atoms with E-state index in [4.69, 9.17) is 16.3 Å². The Morgan fingerprint density at radius 3 is 3.12 bits per heavy atom. The maximum Gasteiger partial charge on any atom is 0.237 e. The minimum absolute atomic E-state index is 0.0824. The van der Waals surface area contributed by atoms with Gasteiger partial charge in [-0.05, 0) is 19.1 Å². The molecule has 1 amide bonds. The van der Waals surface area contributed by atoms with Crippen molar-refractivity contribution in [2.45, 2.75) is 12.2 Å². The second kappa shape index (κ2) is 7.53. The zero-order chi connectivity index (χ0) is 12.7. The average Bonchev–Trinajstić information content (AvgIpc) is 2.32. The summed E-state index contributed by atoms with van der Waals surface area (Å²) >= 11 is 7.38. The largest absolute Gasteiger partial charge is 0.384 e. The van der Waals surface area contributed by atoms with Gasteiger partial charge in [0, 0.05) is 19.1 Å². The Labute approximate surface area is 110 Å². The number of methoxy groups -OCH3 is 1. The summed E-state index contributed by atoms with van der Waals surface area (Å²) in [6.07, 6.45) is 1.58. The lowest BCUT2D eigenvalue weighted by atomic mass is 10.4. The van der Waals surface area contributed by atoms with Crippen LogP contribution < -0.4 is 5.32 Å². The maximum atomic E-state index is 11.8. The number of halogens is 1. The predicted molar refractivity (Wildman–Crippen MR) is 71.7 cm³/mol. The molecule has 1 aromatic heterocycles. The van der Waals surface area contributed by atoms with Crippen molar-refractivity contribution in [1.29, 1.82) is 0 Å². The Hall–Kier alpha value is -0.780. The first-order valence-corrected chi connectivity index (χ1v) is 6.59. The molecule has 0 aromatic carbocycles. The first-order chi connectivity index (χ1) is 8.15. The summed E-state index contributed by atoms with van der Waals surface area (Å²) in [4.78, 5) is 15.7. The van der Waals surface area contributed by atoms with Gasteiger partial charge in [-0.1, -0.05) is 11.6 Å². The monoisotopic (exact) mass is 274 g/mol. The Balaban J connectivity index is 2.46. The van der Waals surface area contributed by atoms with Crippen molar-refractivity contribution in [2.24, 2.45) is 0 Å². The van der Waals surface area contributed by atoms with Gasteiger partial charge in [-0.15, -0.1) is 11.8 Å². The SMILES string of the molecule is COCCS[C@H](C)C(=O)Nc1cccnc1Cl. The number of hydrogen-bond acceptors (Lipinski definition) is 4. The smallest absolute Gasteiger partial charge is 0.237 e. The number of thioether (sulfide) groups is 1. The molecule has 6 heteroatoms. The standard InChI is InChI=1S/C11H15ClN2O2S/c1-8(17-7-6-16-2)11(15)14-9-4-3-5-13-10(9)12/h3-5,8H,6-7H2,1-2H3,(H,14,15)/t8-/m1/s1. The van der Waals surface area contributed by atoms with E-state index in [1.807, 2.05) is 6.92 Å². The molecule has 17 heavy (non-hydrogen) atoms. The molecule has 4 nitrogen and oxygen atoms in total. The summed E-state index contributed by atoms with van der Waals surface area (Å²) in [5.74, 6) is 0.701. The molecule has 1 heterocycles. The number of pyridine rings is 1. The van der Waals surface area contributed by atoms with Crippen LogP contribution in [0.5, 0.6) is 0 Å². The molecule has 0 aliphatic heterocycles. The molecular weight excluding hydrogens is 260 g/mol. The maximum absolute atomic E-state index is 11.8. The molecule has 0 aliphatic rings. The molecular formula is C11H15ClN2O2S. The highest BCUT2D eigenvalue weighted by molar-refractivity contribution is 8.00. The minimum Gasteiger partial charge on any atom is -0.384 e. The van der Waals surface area contributed by atoms with Gasteiger partial charge in [-0.2, -0.15) is 0 Å². The number of ether oxygens (including phenoxy) is 1. The van der Waals surface area contributed by atoms with Crippen LogP contribution in [-0.4, -0.2) is 35.6 Å². The summed E-state index contributed by atoms with van der Waals surface area (Å²) in [5.41, 5.74) is 0.540. The number of hydrogen-bond donors (Lipinski definition) is 1. The van der Waals surface area contributed by atoms with Gasteiger partial charge in [0.25, 0.3) is 0 Å². The number of amides is 1. The lowest BCUT2D eigenvalue weighted by Crippen LogP contribution is -2.23. The van der Waals surface area contributed by atoms with Crippen LogP contribution in [0.15, 0.2) is 18.3 Å². The van der Waals surface area contributed by atoms with Crippen molar-refractivity contribution in [2.75, 3.05) is 24.8 Å². The van der Waals surface area contributed by atoms with Crippen LogP contribution in [0.25, 0.3) is 0 Å². The topological polar surface area (TPSA) is 51.2 Å². The van der Waals surface area contributed by atoms with Gasteiger partial charge in [0.2, 0.25) is 5.91 Å². The van der Waals surface area contributed by atoms with Gasteiger partial charge in [0.15, 0.2) is 5.15 Å². The van der Waals surface area contributed by atoms with Crippen LogP contribution in [0.3, 0.4) is 0 Å². The fourth-order valence-corrected chi connectivity index (χ4v) is 2.09. The summed E-state index contributed by atoms with van der Waals surface area (Å²) in [6, 6.07) is 3.45. The summed E-state index contributed by atoms with van der Waals surface area (Å²) in [7, 11) is 1.64. The van der Waals surface area contributed by atoms with Crippen LogP contribution in [-0.2, 0) is 9.53 Å². The number of carbonyl (C=O) groups excluding carboxylic acids is 1. The van der Waals surface area contributed by atoms with Crippen molar-refractivity contribution in [3.05, 3.63) is 23.5 Å². The highest BCUT2D eigenvalue weighted by Gasteiger charge is 2.14. The fourth-order valence-electron chi connectivity index (χ4n) is 1.10. The highest BCUT2D eigenvalue weighted by Crippen LogP contribution is 2.19. The molecule has 0 fully saturated rings. The van der Waals surface area contributed by atoms with Crippen LogP contribution in [0.4, 0.5) is 5.69 Å². The number of nitrogens with one attached hydrogen (secondary N) is 1. The van der Waals surface area contributed by atoms with Crippen molar-refractivity contribution in [3.8, 4) is 0 Å². The summed E-state index contributed by atoms with van der Waals surface area (Å²) < 4.78 is 4.93. The quantitative estimate of drug-likeness (QED) is 0.639. The van der Waals surface area contributed by atoms with E-state index < -0.39 is 0 Å². The zero-order valence-corrected chi connectivity index (χ0v) is 11.3. The molecule has 0 bridgehead atoms. The first-order valence-electron chi connectivity index (χ1n) is 5.17. The first kappa shape index (κ1) is 14.3. The molecule has 0 saturated carbocycles. The van der Waals surface area contributed by atoms with Crippen LogP contribution >= 0.6 is 23.4 Å². The molecule has 0 radical (unpaired) electrons. The van der Waals surface area contributed by atoms with E-state index in [2.05, 4.69) is 10.3 Å². The molecule has 0 spiro atoms. The van der Waals surface area contributed by atoms with Gasteiger partial charge in [-0.25, -0.2) is 4.98 Å². The van der Waals surface area contributed by atoms with E-state index in [-0.39, 0.29) is 11.2 Å². The Kier molecular flexibility index (Phi) is 6.32. The zero-order valence-electron chi connectivity index (χ0n) is 9.77. The van der Waals surface area contributed by atoms with Gasteiger partial charge in [-0.3, -0.25) is 4.79 Å². The number of rotatable bonds is 6. The summed E-state index contributed by atoms with van der Waals surface area (Å²) in [5, 5.41) is 2.89.